The second-order valence-corrected chi connectivity index (χ2v) is 5.01. The van der Waals surface area contributed by atoms with Crippen LogP contribution in [0.4, 0.5) is 0 Å². The number of carbonyl (C=O) groups is 2. The fourth-order valence-corrected chi connectivity index (χ4v) is 2.07. The van der Waals surface area contributed by atoms with Crippen LogP contribution in [0.5, 0.6) is 0 Å². The first kappa shape index (κ1) is 16.2. The van der Waals surface area contributed by atoms with Crippen LogP contribution in [-0.4, -0.2) is 23.5 Å². The van der Waals surface area contributed by atoms with E-state index in [-0.39, 0.29) is 18.4 Å². The van der Waals surface area contributed by atoms with Crippen molar-refractivity contribution in [1.82, 2.24) is 5.32 Å². The molecule has 0 aromatic heterocycles. The van der Waals surface area contributed by atoms with Gasteiger partial charge in [0.15, 0.2) is 5.54 Å². The summed E-state index contributed by atoms with van der Waals surface area (Å²) < 4.78 is 0. The number of amides is 1. The number of rotatable bonds is 7. The minimum Gasteiger partial charge on any atom is -0.479 e. The Balaban J connectivity index is 2.99. The largest absolute Gasteiger partial charge is 0.479 e. The van der Waals surface area contributed by atoms with Crippen molar-refractivity contribution in [1.29, 1.82) is 0 Å². The van der Waals surface area contributed by atoms with E-state index in [4.69, 9.17) is 5.73 Å². The fourth-order valence-electron chi connectivity index (χ4n) is 2.07. The first-order valence-corrected chi connectivity index (χ1v) is 6.76. The summed E-state index contributed by atoms with van der Waals surface area (Å²) in [5.41, 5.74) is 4.68. The van der Waals surface area contributed by atoms with Gasteiger partial charge in [0.1, 0.15) is 0 Å². The summed E-state index contributed by atoms with van der Waals surface area (Å²) in [6.07, 6.45) is 1.47. The maximum Gasteiger partial charge on any atom is 0.333 e. The van der Waals surface area contributed by atoms with E-state index in [1.54, 1.807) is 30.3 Å². The highest BCUT2D eigenvalue weighted by atomic mass is 16.4. The van der Waals surface area contributed by atoms with Crippen molar-refractivity contribution in [2.24, 2.45) is 11.7 Å². The lowest BCUT2D eigenvalue weighted by Crippen LogP contribution is -2.52. The van der Waals surface area contributed by atoms with E-state index in [2.05, 4.69) is 5.32 Å². The Morgan fingerprint density at radius 1 is 1.35 bits per heavy atom. The summed E-state index contributed by atoms with van der Waals surface area (Å²) in [5, 5.41) is 12.1. The predicted molar refractivity (Wildman–Crippen MR) is 77.0 cm³/mol. The molecule has 0 fully saturated rings. The van der Waals surface area contributed by atoms with Crippen molar-refractivity contribution in [3.05, 3.63) is 35.9 Å². The zero-order valence-electron chi connectivity index (χ0n) is 11.9. The molecule has 0 saturated heterocycles. The second-order valence-electron chi connectivity index (χ2n) is 5.01. The van der Waals surface area contributed by atoms with Gasteiger partial charge in [-0.05, 0) is 18.9 Å². The van der Waals surface area contributed by atoms with Crippen LogP contribution in [-0.2, 0) is 15.1 Å². The zero-order chi connectivity index (χ0) is 15.2. The molecule has 0 aliphatic rings. The van der Waals surface area contributed by atoms with E-state index in [0.717, 1.165) is 6.42 Å². The monoisotopic (exact) mass is 278 g/mol. The third kappa shape index (κ3) is 3.57. The van der Waals surface area contributed by atoms with Crippen molar-refractivity contribution in [2.75, 3.05) is 6.54 Å². The number of nitrogens with one attached hydrogen (secondary N) is 1. The Labute approximate surface area is 119 Å². The Kier molecular flexibility index (Phi) is 5.70. The van der Waals surface area contributed by atoms with Crippen LogP contribution >= 0.6 is 0 Å². The maximum absolute atomic E-state index is 12.2. The molecule has 2 atom stereocenters. The fraction of sp³-hybridized carbons (Fsp3) is 0.467. The molecule has 4 N–H and O–H groups in total. The van der Waals surface area contributed by atoms with Gasteiger partial charge in [-0.25, -0.2) is 4.79 Å². The molecule has 0 bridgehead atoms. The van der Waals surface area contributed by atoms with Crippen molar-refractivity contribution in [3.63, 3.8) is 0 Å². The van der Waals surface area contributed by atoms with Gasteiger partial charge in [-0.2, -0.15) is 0 Å². The number of carbonyl (C=O) groups excluding carboxylic acids is 1. The highest BCUT2D eigenvalue weighted by molar-refractivity contribution is 5.88. The van der Waals surface area contributed by atoms with Crippen LogP contribution in [0.25, 0.3) is 0 Å². The Morgan fingerprint density at radius 3 is 2.40 bits per heavy atom. The van der Waals surface area contributed by atoms with Crippen LogP contribution in [0.1, 0.15) is 32.3 Å². The Hall–Kier alpha value is -1.88. The molecule has 1 amide bonds. The lowest BCUT2D eigenvalue weighted by molar-refractivity contribution is -0.148. The lowest BCUT2D eigenvalue weighted by atomic mass is 9.90. The Morgan fingerprint density at radius 2 is 1.95 bits per heavy atom. The maximum atomic E-state index is 12.2. The number of carboxylic acid groups (broad SMARTS) is 1. The summed E-state index contributed by atoms with van der Waals surface area (Å²) in [7, 11) is 0. The molecule has 20 heavy (non-hydrogen) atoms. The number of aliphatic carboxylic acids is 1. The van der Waals surface area contributed by atoms with Crippen LogP contribution in [0, 0.1) is 5.92 Å². The molecule has 1 aromatic rings. The van der Waals surface area contributed by atoms with Gasteiger partial charge in [0, 0.05) is 6.54 Å². The second kappa shape index (κ2) is 7.05. The van der Waals surface area contributed by atoms with Gasteiger partial charge in [0.25, 0.3) is 0 Å². The molecule has 0 heterocycles. The smallest absolute Gasteiger partial charge is 0.333 e. The lowest BCUT2D eigenvalue weighted by Gasteiger charge is -2.28. The predicted octanol–water partition coefficient (Wildman–Crippen LogP) is 1.48. The van der Waals surface area contributed by atoms with Gasteiger partial charge in [0.2, 0.25) is 5.91 Å². The van der Waals surface area contributed by atoms with E-state index in [9.17, 15) is 14.7 Å². The van der Waals surface area contributed by atoms with Crippen LogP contribution in [0.3, 0.4) is 0 Å². The number of benzene rings is 1. The van der Waals surface area contributed by atoms with Crippen molar-refractivity contribution in [2.45, 2.75) is 32.2 Å². The van der Waals surface area contributed by atoms with E-state index in [1.165, 1.54) is 6.92 Å². The minimum absolute atomic E-state index is 0.212. The zero-order valence-corrected chi connectivity index (χ0v) is 11.9. The SMILES string of the molecule is CCCC(CN)C(=O)NC(C)(C(=O)O)c1ccccc1. The number of carboxylic acids is 1. The molecule has 5 heteroatoms. The van der Waals surface area contributed by atoms with E-state index in [1.807, 2.05) is 6.92 Å². The average Bonchev–Trinajstić information content (AvgIpc) is 2.45. The van der Waals surface area contributed by atoms with Gasteiger partial charge in [0.05, 0.1) is 5.92 Å². The van der Waals surface area contributed by atoms with Crippen molar-refractivity contribution < 1.29 is 14.7 Å². The molecule has 0 aliphatic heterocycles. The quantitative estimate of drug-likeness (QED) is 0.704. The molecule has 1 aromatic carbocycles. The molecular formula is C15H22N2O3. The summed E-state index contributed by atoms with van der Waals surface area (Å²) in [6, 6.07) is 8.66. The van der Waals surface area contributed by atoms with E-state index >= 15 is 0 Å². The summed E-state index contributed by atoms with van der Waals surface area (Å²) in [4.78, 5) is 23.8. The molecular weight excluding hydrogens is 256 g/mol. The highest BCUT2D eigenvalue weighted by Crippen LogP contribution is 2.22. The van der Waals surface area contributed by atoms with Crippen molar-refractivity contribution >= 4 is 11.9 Å². The number of nitrogens with two attached hydrogens (primary N) is 1. The first-order valence-electron chi connectivity index (χ1n) is 6.76. The molecule has 5 nitrogen and oxygen atoms in total. The van der Waals surface area contributed by atoms with Crippen LogP contribution in [0.2, 0.25) is 0 Å². The highest BCUT2D eigenvalue weighted by Gasteiger charge is 2.37. The minimum atomic E-state index is -1.44. The van der Waals surface area contributed by atoms with Gasteiger partial charge in [-0.3, -0.25) is 4.79 Å². The normalized spacial score (nSPS) is 15.2. The number of hydrogen-bond donors (Lipinski definition) is 3. The Bertz CT molecular complexity index is 461. The van der Waals surface area contributed by atoms with Gasteiger partial charge >= 0.3 is 5.97 Å². The number of hydrogen-bond acceptors (Lipinski definition) is 3. The molecule has 2 unspecified atom stereocenters. The van der Waals surface area contributed by atoms with Crippen molar-refractivity contribution in [3.8, 4) is 0 Å². The third-order valence-electron chi connectivity index (χ3n) is 3.44. The molecule has 1 rings (SSSR count). The topological polar surface area (TPSA) is 92.4 Å². The summed E-state index contributed by atoms with van der Waals surface area (Å²) in [5.74, 6) is -1.77. The summed E-state index contributed by atoms with van der Waals surface area (Å²) in [6.45, 7) is 3.66. The van der Waals surface area contributed by atoms with Gasteiger partial charge in [-0.1, -0.05) is 43.7 Å². The molecule has 0 aliphatic carbocycles. The molecule has 110 valence electrons. The molecule has 0 saturated carbocycles. The third-order valence-corrected chi connectivity index (χ3v) is 3.44. The van der Waals surface area contributed by atoms with E-state index < -0.39 is 11.5 Å². The van der Waals surface area contributed by atoms with E-state index in [0.29, 0.717) is 12.0 Å². The van der Waals surface area contributed by atoms with Gasteiger partial charge < -0.3 is 16.2 Å². The summed E-state index contributed by atoms with van der Waals surface area (Å²) >= 11 is 0. The van der Waals surface area contributed by atoms with Crippen LogP contribution < -0.4 is 11.1 Å². The molecule has 0 spiro atoms. The standard InChI is InChI=1S/C15H22N2O3/c1-3-7-11(10-16)13(18)17-15(2,14(19)20)12-8-5-4-6-9-12/h4-6,8-9,11H,3,7,10,16H2,1-2H3,(H,17,18)(H,19,20). The van der Waals surface area contributed by atoms with Gasteiger partial charge in [-0.15, -0.1) is 0 Å². The average molecular weight is 278 g/mol. The molecule has 0 radical (unpaired) electrons. The van der Waals surface area contributed by atoms with Crippen LogP contribution in [0.15, 0.2) is 30.3 Å². The first-order chi connectivity index (χ1) is 9.45.